The van der Waals surface area contributed by atoms with Crippen LogP contribution in [0.4, 0.5) is 11.8 Å². The number of hydrogen-bond donors (Lipinski definition) is 3. The molecule has 0 radical (unpaired) electrons. The van der Waals surface area contributed by atoms with Gasteiger partial charge in [-0.25, -0.2) is 4.98 Å². The molecular weight excluding hydrogens is 304 g/mol. The van der Waals surface area contributed by atoms with Gasteiger partial charge in [0.2, 0.25) is 5.95 Å². The molecule has 1 aliphatic heterocycles. The van der Waals surface area contributed by atoms with Crippen LogP contribution in [0.2, 0.25) is 0 Å². The van der Waals surface area contributed by atoms with Crippen molar-refractivity contribution in [3.8, 4) is 5.75 Å². The second kappa shape index (κ2) is 5.67. The van der Waals surface area contributed by atoms with E-state index in [1.807, 2.05) is 0 Å². The van der Waals surface area contributed by atoms with E-state index in [4.69, 9.17) is 10.5 Å². The molecule has 0 aliphatic carbocycles. The van der Waals surface area contributed by atoms with E-state index in [1.54, 1.807) is 6.33 Å². The van der Waals surface area contributed by atoms with Gasteiger partial charge in [0.05, 0.1) is 6.33 Å². The van der Waals surface area contributed by atoms with Crippen LogP contribution in [0.15, 0.2) is 24.5 Å². The fourth-order valence-electron chi connectivity index (χ4n) is 3.15. The summed E-state index contributed by atoms with van der Waals surface area (Å²) in [5.74, 6) is 1.90. The van der Waals surface area contributed by atoms with E-state index < -0.39 is 0 Å². The van der Waals surface area contributed by atoms with Crippen molar-refractivity contribution in [1.29, 1.82) is 0 Å². The highest BCUT2D eigenvalue weighted by Gasteiger charge is 2.19. The largest absolute Gasteiger partial charge is 0.490 e. The van der Waals surface area contributed by atoms with E-state index in [2.05, 4.69) is 57.3 Å². The van der Waals surface area contributed by atoms with Crippen LogP contribution >= 0.6 is 0 Å². The molecule has 3 heterocycles. The average molecular weight is 324 g/mol. The summed E-state index contributed by atoms with van der Waals surface area (Å²) in [4.78, 5) is 15.7. The molecule has 4 rings (SSSR count). The Morgan fingerprint density at radius 2 is 2.29 bits per heavy atom. The summed E-state index contributed by atoms with van der Waals surface area (Å²) in [7, 11) is 0. The van der Waals surface area contributed by atoms with Crippen molar-refractivity contribution in [2.45, 2.75) is 38.8 Å². The van der Waals surface area contributed by atoms with Crippen molar-refractivity contribution >= 4 is 22.9 Å². The molecule has 2 aromatic heterocycles. The van der Waals surface area contributed by atoms with Crippen LogP contribution in [0, 0.1) is 0 Å². The summed E-state index contributed by atoms with van der Waals surface area (Å²) in [5, 5.41) is 3.30. The Morgan fingerprint density at radius 1 is 1.42 bits per heavy atom. The van der Waals surface area contributed by atoms with Crippen molar-refractivity contribution in [3.05, 3.63) is 35.7 Å². The predicted octanol–water partition coefficient (Wildman–Crippen LogP) is 2.30. The number of anilines is 2. The second-order valence-corrected chi connectivity index (χ2v) is 6.36. The van der Waals surface area contributed by atoms with Gasteiger partial charge in [-0.05, 0) is 37.5 Å². The first kappa shape index (κ1) is 14.7. The molecule has 1 aliphatic rings. The fourth-order valence-corrected chi connectivity index (χ4v) is 3.15. The van der Waals surface area contributed by atoms with Crippen molar-refractivity contribution in [3.63, 3.8) is 0 Å². The maximum Gasteiger partial charge on any atom is 0.227 e. The zero-order valence-corrected chi connectivity index (χ0v) is 13.7. The van der Waals surface area contributed by atoms with Gasteiger partial charge in [0, 0.05) is 12.5 Å². The number of aromatic amines is 1. The zero-order chi connectivity index (χ0) is 16.7. The molecule has 0 spiro atoms. The van der Waals surface area contributed by atoms with Crippen LogP contribution in [-0.4, -0.2) is 32.1 Å². The highest BCUT2D eigenvalue weighted by atomic mass is 16.5. The molecule has 1 aromatic carbocycles. The highest BCUT2D eigenvalue weighted by molar-refractivity contribution is 5.82. The molecule has 0 saturated heterocycles. The average Bonchev–Trinajstić information content (AvgIpc) is 3.12. The number of benzene rings is 1. The first-order chi connectivity index (χ1) is 11.6. The number of nitrogen functional groups attached to an aromatic ring is 1. The van der Waals surface area contributed by atoms with Gasteiger partial charge in [0.1, 0.15) is 17.4 Å². The molecule has 2 atom stereocenters. The van der Waals surface area contributed by atoms with Crippen LogP contribution < -0.4 is 15.8 Å². The Kier molecular flexibility index (Phi) is 3.48. The zero-order valence-electron chi connectivity index (χ0n) is 13.7. The number of nitrogens with zero attached hydrogens (tertiary/aromatic N) is 3. The standard InChI is InChI=1S/C17H20N6O/c1-9(5-11-3-4-13-12(7-11)6-10(2)24-13)21-17-22-15(18)14-16(23-17)20-8-19-14/h3-4,7-10H,5-6H2,1-2H3,(H4,18,19,20,21,22,23)/t9-,10?/m1/s1. The summed E-state index contributed by atoms with van der Waals surface area (Å²) in [6, 6.07) is 6.56. The van der Waals surface area contributed by atoms with Crippen LogP contribution in [0.5, 0.6) is 5.75 Å². The highest BCUT2D eigenvalue weighted by Crippen LogP contribution is 2.29. The molecule has 24 heavy (non-hydrogen) atoms. The minimum atomic E-state index is 0.165. The monoisotopic (exact) mass is 324 g/mol. The smallest absolute Gasteiger partial charge is 0.227 e. The lowest BCUT2D eigenvalue weighted by Gasteiger charge is -2.14. The van der Waals surface area contributed by atoms with E-state index in [0.717, 1.165) is 18.6 Å². The number of rotatable bonds is 4. The minimum Gasteiger partial charge on any atom is -0.490 e. The van der Waals surface area contributed by atoms with Crippen molar-refractivity contribution in [2.24, 2.45) is 0 Å². The second-order valence-electron chi connectivity index (χ2n) is 6.36. The Hall–Kier alpha value is -2.83. The number of nitrogens with one attached hydrogen (secondary N) is 2. The molecule has 4 N–H and O–H groups in total. The van der Waals surface area contributed by atoms with E-state index in [1.165, 1.54) is 11.1 Å². The Balaban J connectivity index is 1.48. The summed E-state index contributed by atoms with van der Waals surface area (Å²) >= 11 is 0. The molecule has 0 amide bonds. The van der Waals surface area contributed by atoms with Crippen molar-refractivity contribution in [1.82, 2.24) is 19.9 Å². The number of imidazole rings is 1. The molecule has 1 unspecified atom stereocenters. The topological polar surface area (TPSA) is 102 Å². The van der Waals surface area contributed by atoms with Crippen LogP contribution in [0.25, 0.3) is 11.2 Å². The molecule has 0 fully saturated rings. The summed E-state index contributed by atoms with van der Waals surface area (Å²) in [5.41, 5.74) is 9.71. The number of hydrogen-bond acceptors (Lipinski definition) is 6. The third-order valence-electron chi connectivity index (χ3n) is 4.19. The molecule has 7 heteroatoms. The molecule has 124 valence electrons. The first-order valence-corrected chi connectivity index (χ1v) is 8.10. The Morgan fingerprint density at radius 3 is 3.17 bits per heavy atom. The van der Waals surface area contributed by atoms with Crippen LogP contribution in [-0.2, 0) is 12.8 Å². The van der Waals surface area contributed by atoms with Gasteiger partial charge in [0.25, 0.3) is 0 Å². The van der Waals surface area contributed by atoms with Gasteiger partial charge in [-0.2, -0.15) is 9.97 Å². The van der Waals surface area contributed by atoms with Gasteiger partial charge in [-0.1, -0.05) is 12.1 Å². The van der Waals surface area contributed by atoms with Crippen LogP contribution in [0.3, 0.4) is 0 Å². The minimum absolute atomic E-state index is 0.165. The number of nitrogens with two attached hydrogens (primary N) is 1. The third kappa shape index (κ3) is 2.73. The number of H-pyrrole nitrogens is 1. The quantitative estimate of drug-likeness (QED) is 0.680. The SMILES string of the molecule is CC1Cc2cc(C[C@@H](C)Nc3nc(N)c4[nH]cnc4n3)ccc2O1. The van der Waals surface area contributed by atoms with E-state index in [-0.39, 0.29) is 12.1 Å². The lowest BCUT2D eigenvalue weighted by molar-refractivity contribution is 0.254. The molecule has 0 saturated carbocycles. The molecule has 3 aromatic rings. The summed E-state index contributed by atoms with van der Waals surface area (Å²) in [6.45, 7) is 4.19. The lowest BCUT2D eigenvalue weighted by atomic mass is 10.0. The lowest BCUT2D eigenvalue weighted by Crippen LogP contribution is -2.20. The van der Waals surface area contributed by atoms with Gasteiger partial charge >= 0.3 is 0 Å². The molecular formula is C17H20N6O. The number of aromatic nitrogens is 4. The Bertz CT molecular complexity index is 890. The number of ether oxygens (including phenoxy) is 1. The number of fused-ring (bicyclic) bond motifs is 2. The summed E-state index contributed by atoms with van der Waals surface area (Å²) in [6.07, 6.45) is 3.67. The van der Waals surface area contributed by atoms with Gasteiger partial charge in [0.15, 0.2) is 11.5 Å². The van der Waals surface area contributed by atoms with Gasteiger partial charge < -0.3 is 20.8 Å². The maximum absolute atomic E-state index is 5.93. The first-order valence-electron chi connectivity index (χ1n) is 8.10. The van der Waals surface area contributed by atoms with Crippen LogP contribution in [0.1, 0.15) is 25.0 Å². The van der Waals surface area contributed by atoms with Crippen molar-refractivity contribution in [2.75, 3.05) is 11.1 Å². The molecule has 0 bridgehead atoms. The van der Waals surface area contributed by atoms with E-state index >= 15 is 0 Å². The maximum atomic E-state index is 5.93. The third-order valence-corrected chi connectivity index (χ3v) is 4.19. The molecule has 7 nitrogen and oxygen atoms in total. The Labute approximate surface area is 139 Å². The fraction of sp³-hybridized carbons (Fsp3) is 0.353. The van der Waals surface area contributed by atoms with E-state index in [0.29, 0.717) is 22.9 Å². The van der Waals surface area contributed by atoms with Gasteiger partial charge in [-0.3, -0.25) is 0 Å². The van der Waals surface area contributed by atoms with Gasteiger partial charge in [-0.15, -0.1) is 0 Å². The summed E-state index contributed by atoms with van der Waals surface area (Å²) < 4.78 is 5.75. The normalized spacial score (nSPS) is 17.5. The van der Waals surface area contributed by atoms with E-state index in [9.17, 15) is 0 Å². The predicted molar refractivity (Wildman–Crippen MR) is 93.1 cm³/mol. The van der Waals surface area contributed by atoms with Crippen molar-refractivity contribution < 1.29 is 4.74 Å².